The molecule has 2 aromatic carbocycles. The predicted octanol–water partition coefficient (Wildman–Crippen LogP) is 5.99. The molecule has 0 unspecified atom stereocenters. The van der Waals surface area contributed by atoms with Crippen molar-refractivity contribution >= 4 is 107 Å². The molecule has 2 N–H and O–H groups in total. The molecule has 0 fully saturated rings. The van der Waals surface area contributed by atoms with E-state index in [1.807, 2.05) is 12.1 Å². The molecular weight excluding hydrogens is 536 g/mol. The Kier molecular flexibility index (Phi) is 6.02. The molecule has 25 heavy (non-hydrogen) atoms. The maximum atomic E-state index is 12.3. The number of hydrogen-bond donors (Lipinski definition) is 2. The summed E-state index contributed by atoms with van der Waals surface area (Å²) in [5.41, 5.74) is 0.924. The summed E-state index contributed by atoms with van der Waals surface area (Å²) in [6.45, 7) is 0. The number of aromatic nitrogens is 1. The molecule has 3 rings (SSSR count). The number of nitrogens with zero attached hydrogens (tertiary/aromatic N) is 1. The molecular formula is C15H7Cl3IN3OS2. The van der Waals surface area contributed by atoms with Gasteiger partial charge in [-0.2, -0.15) is 0 Å². The third-order valence-corrected chi connectivity index (χ3v) is 6.01. The van der Waals surface area contributed by atoms with E-state index >= 15 is 0 Å². The van der Waals surface area contributed by atoms with E-state index in [1.165, 1.54) is 11.3 Å². The van der Waals surface area contributed by atoms with Gasteiger partial charge in [0.2, 0.25) is 0 Å². The molecule has 0 aliphatic rings. The van der Waals surface area contributed by atoms with Gasteiger partial charge in [0.05, 0.1) is 25.3 Å². The van der Waals surface area contributed by atoms with Crippen LogP contribution >= 0.6 is 80.9 Å². The van der Waals surface area contributed by atoms with Crippen molar-refractivity contribution < 1.29 is 4.79 Å². The van der Waals surface area contributed by atoms with Crippen molar-refractivity contribution in [2.45, 2.75) is 0 Å². The summed E-state index contributed by atoms with van der Waals surface area (Å²) >= 11 is 26.8. The predicted molar refractivity (Wildman–Crippen MR) is 117 cm³/mol. The number of thiazole rings is 1. The number of amides is 1. The summed E-state index contributed by atoms with van der Waals surface area (Å²) in [6, 6.07) is 8.67. The Morgan fingerprint density at radius 2 is 1.88 bits per heavy atom. The second-order valence-corrected chi connectivity index (χ2v) is 8.64. The second-order valence-electron chi connectivity index (χ2n) is 4.76. The maximum absolute atomic E-state index is 12.3. The summed E-state index contributed by atoms with van der Waals surface area (Å²) in [6.07, 6.45) is 0. The minimum Gasteiger partial charge on any atom is -0.308 e. The Labute approximate surface area is 181 Å². The van der Waals surface area contributed by atoms with Gasteiger partial charge in [-0.05, 0) is 65.1 Å². The summed E-state index contributed by atoms with van der Waals surface area (Å²) in [7, 11) is 0. The van der Waals surface area contributed by atoms with Gasteiger partial charge in [0.15, 0.2) is 10.2 Å². The lowest BCUT2D eigenvalue weighted by Gasteiger charge is -2.08. The molecule has 1 aromatic heterocycles. The number of thiocarbonyl (C=S) groups is 1. The number of benzene rings is 2. The number of rotatable bonds is 2. The van der Waals surface area contributed by atoms with Gasteiger partial charge in [0, 0.05) is 3.57 Å². The van der Waals surface area contributed by atoms with Crippen LogP contribution < -0.4 is 10.6 Å². The standard InChI is InChI=1S/C15H7Cl3IN3OS2/c16-8-2-1-6(19)5-7(8)13(23)21-14(24)22-15-20-12-10(25-15)4-3-9(17)11(12)18/h1-5H,(H2,20,21,22,23,24). The van der Waals surface area contributed by atoms with E-state index in [1.54, 1.807) is 18.2 Å². The Morgan fingerprint density at radius 3 is 2.64 bits per heavy atom. The third-order valence-electron chi connectivity index (χ3n) is 3.07. The van der Waals surface area contributed by atoms with Crippen LogP contribution in [-0.2, 0) is 0 Å². The van der Waals surface area contributed by atoms with Crippen LogP contribution in [-0.4, -0.2) is 16.0 Å². The van der Waals surface area contributed by atoms with Gasteiger partial charge in [-0.3, -0.25) is 10.1 Å². The minimum absolute atomic E-state index is 0.112. The quantitative estimate of drug-likeness (QED) is 0.309. The molecule has 3 aromatic rings. The van der Waals surface area contributed by atoms with Gasteiger partial charge in [-0.1, -0.05) is 46.1 Å². The Balaban J connectivity index is 1.75. The Morgan fingerprint density at radius 1 is 1.16 bits per heavy atom. The molecule has 0 bridgehead atoms. The number of fused-ring (bicyclic) bond motifs is 1. The van der Waals surface area contributed by atoms with E-state index in [0.717, 1.165) is 8.27 Å². The van der Waals surface area contributed by atoms with E-state index < -0.39 is 5.91 Å². The molecule has 1 amide bonds. The lowest BCUT2D eigenvalue weighted by molar-refractivity contribution is 0.0978. The number of anilines is 1. The van der Waals surface area contributed by atoms with E-state index in [2.05, 4.69) is 38.2 Å². The summed E-state index contributed by atoms with van der Waals surface area (Å²) in [5.74, 6) is -0.400. The zero-order valence-corrected chi connectivity index (χ0v) is 18.1. The summed E-state index contributed by atoms with van der Waals surface area (Å²) in [4.78, 5) is 16.7. The van der Waals surface area contributed by atoms with Gasteiger partial charge in [0.25, 0.3) is 5.91 Å². The fraction of sp³-hybridized carbons (Fsp3) is 0. The van der Waals surface area contributed by atoms with Crippen LogP contribution in [0.2, 0.25) is 15.1 Å². The number of halogens is 4. The van der Waals surface area contributed by atoms with Gasteiger partial charge in [0.1, 0.15) is 5.52 Å². The normalized spacial score (nSPS) is 10.7. The van der Waals surface area contributed by atoms with Crippen LogP contribution in [0.5, 0.6) is 0 Å². The first-order valence-corrected chi connectivity index (χ1v) is 10.1. The molecule has 0 saturated heterocycles. The largest absolute Gasteiger partial charge is 0.308 e. The number of nitrogens with one attached hydrogen (secondary N) is 2. The smallest absolute Gasteiger partial charge is 0.258 e. The first-order valence-electron chi connectivity index (χ1n) is 6.67. The van der Waals surface area contributed by atoms with E-state index in [-0.39, 0.29) is 5.11 Å². The number of hydrogen-bond acceptors (Lipinski definition) is 4. The van der Waals surface area contributed by atoms with Crippen molar-refractivity contribution in [3.63, 3.8) is 0 Å². The highest BCUT2D eigenvalue weighted by molar-refractivity contribution is 14.1. The van der Waals surface area contributed by atoms with E-state index in [0.29, 0.717) is 31.3 Å². The first-order chi connectivity index (χ1) is 11.8. The monoisotopic (exact) mass is 541 g/mol. The lowest BCUT2D eigenvalue weighted by atomic mass is 10.2. The van der Waals surface area contributed by atoms with Crippen molar-refractivity contribution in [2.75, 3.05) is 5.32 Å². The molecule has 10 heteroatoms. The van der Waals surface area contributed by atoms with Gasteiger partial charge in [-0.25, -0.2) is 4.98 Å². The van der Waals surface area contributed by atoms with Gasteiger partial charge >= 0.3 is 0 Å². The van der Waals surface area contributed by atoms with Crippen molar-refractivity contribution in [3.05, 3.63) is 54.5 Å². The highest BCUT2D eigenvalue weighted by Gasteiger charge is 2.15. The van der Waals surface area contributed by atoms with Crippen molar-refractivity contribution in [3.8, 4) is 0 Å². The maximum Gasteiger partial charge on any atom is 0.258 e. The van der Waals surface area contributed by atoms with Crippen LogP contribution in [0.15, 0.2) is 30.3 Å². The zero-order chi connectivity index (χ0) is 18.1. The van der Waals surface area contributed by atoms with E-state index in [4.69, 9.17) is 47.0 Å². The molecule has 4 nitrogen and oxygen atoms in total. The molecule has 1 heterocycles. The molecule has 0 saturated carbocycles. The van der Waals surface area contributed by atoms with Crippen LogP contribution in [0, 0.1) is 3.57 Å². The highest BCUT2D eigenvalue weighted by Crippen LogP contribution is 2.35. The molecule has 0 aliphatic carbocycles. The third kappa shape index (κ3) is 4.35. The van der Waals surface area contributed by atoms with Crippen LogP contribution in [0.3, 0.4) is 0 Å². The SMILES string of the molecule is O=C(NC(=S)Nc1nc2c(Cl)c(Cl)ccc2s1)c1cc(I)ccc1Cl. The number of carbonyl (C=O) groups excluding carboxylic acids is 1. The van der Waals surface area contributed by atoms with Crippen molar-refractivity contribution in [2.24, 2.45) is 0 Å². The fourth-order valence-corrected chi connectivity index (χ4v) is 4.20. The Bertz CT molecular complexity index is 1010. The topological polar surface area (TPSA) is 54.0 Å². The van der Waals surface area contributed by atoms with Gasteiger partial charge < -0.3 is 5.32 Å². The summed E-state index contributed by atoms with van der Waals surface area (Å²) < 4.78 is 1.75. The fourth-order valence-electron chi connectivity index (χ4n) is 1.96. The average molecular weight is 543 g/mol. The molecule has 0 radical (unpaired) electrons. The first kappa shape index (κ1) is 19.1. The molecule has 128 valence electrons. The summed E-state index contributed by atoms with van der Waals surface area (Å²) in [5, 5.41) is 7.22. The van der Waals surface area contributed by atoms with Crippen molar-refractivity contribution in [1.29, 1.82) is 0 Å². The highest BCUT2D eigenvalue weighted by atomic mass is 127. The van der Waals surface area contributed by atoms with Gasteiger partial charge in [-0.15, -0.1) is 0 Å². The van der Waals surface area contributed by atoms with Crippen LogP contribution in [0.1, 0.15) is 10.4 Å². The Hall–Kier alpha value is -0.710. The van der Waals surface area contributed by atoms with Crippen molar-refractivity contribution in [1.82, 2.24) is 10.3 Å². The van der Waals surface area contributed by atoms with Crippen LogP contribution in [0.4, 0.5) is 5.13 Å². The minimum atomic E-state index is -0.400. The van der Waals surface area contributed by atoms with E-state index in [9.17, 15) is 4.79 Å². The molecule has 0 spiro atoms. The lowest BCUT2D eigenvalue weighted by Crippen LogP contribution is -2.34. The second kappa shape index (κ2) is 7.89. The van der Waals surface area contributed by atoms with Crippen LogP contribution in [0.25, 0.3) is 10.2 Å². The zero-order valence-electron chi connectivity index (χ0n) is 12.1. The molecule has 0 atom stereocenters. The number of carbonyl (C=O) groups is 1. The average Bonchev–Trinajstić information content (AvgIpc) is 2.96. The molecule has 0 aliphatic heterocycles.